The highest BCUT2D eigenvalue weighted by molar-refractivity contribution is 7.98. The lowest BCUT2D eigenvalue weighted by Crippen LogP contribution is -2.15. The summed E-state index contributed by atoms with van der Waals surface area (Å²) >= 11 is 0. The molecule has 1 aliphatic rings. The Kier molecular flexibility index (Phi) is 4.52. The molecule has 1 aromatic rings. The Balaban J connectivity index is 2.13. The third-order valence-electron chi connectivity index (χ3n) is 2.83. The van der Waals surface area contributed by atoms with Crippen molar-refractivity contribution >= 4 is 21.9 Å². The van der Waals surface area contributed by atoms with Crippen molar-refractivity contribution in [3.8, 4) is 0 Å². The van der Waals surface area contributed by atoms with Crippen molar-refractivity contribution in [2.45, 2.75) is 6.92 Å². The maximum Gasteiger partial charge on any atom is 0.294 e. The number of rotatable bonds is 5. The van der Waals surface area contributed by atoms with Crippen LogP contribution < -0.4 is 5.32 Å². The smallest absolute Gasteiger partial charge is 0.294 e. The van der Waals surface area contributed by atoms with E-state index < -0.39 is 14.8 Å². The number of aliphatic imine (C=N–C) groups is 1. The van der Waals surface area contributed by atoms with Crippen molar-refractivity contribution in [3.63, 3.8) is 0 Å². The van der Waals surface area contributed by atoms with Crippen LogP contribution in [0, 0.1) is 17.0 Å². The predicted molar refractivity (Wildman–Crippen MR) is 83.9 cm³/mol. The number of hydrogen-bond donors (Lipinski definition) is 1. The molecule has 1 aliphatic heterocycles. The van der Waals surface area contributed by atoms with Crippen LogP contribution in [0.25, 0.3) is 5.70 Å². The topological polar surface area (TPSA) is 102 Å². The van der Waals surface area contributed by atoms with Gasteiger partial charge in [-0.2, -0.15) is 0 Å². The zero-order valence-electron chi connectivity index (χ0n) is 11.6. The predicted octanol–water partition coefficient (Wildman–Crippen LogP) is 1.97. The number of allylic oxidation sites excluding steroid dienone is 2. The molecule has 7 nitrogen and oxygen atoms in total. The summed E-state index contributed by atoms with van der Waals surface area (Å²) in [6.07, 6.45) is 4.91. The van der Waals surface area contributed by atoms with Gasteiger partial charge in [-0.3, -0.25) is 10.1 Å². The van der Waals surface area contributed by atoms with Crippen LogP contribution in [0.1, 0.15) is 11.1 Å². The van der Waals surface area contributed by atoms with Gasteiger partial charge in [-0.25, -0.2) is 13.4 Å². The third kappa shape index (κ3) is 3.67. The Morgan fingerprint density at radius 2 is 2.00 bits per heavy atom. The molecule has 0 aromatic heterocycles. The summed E-state index contributed by atoms with van der Waals surface area (Å²) in [4.78, 5) is 14.3. The first-order valence-corrected chi connectivity index (χ1v) is 7.78. The minimum Gasteiger partial charge on any atom is -0.337 e. The van der Waals surface area contributed by atoms with Crippen molar-refractivity contribution in [2.75, 3.05) is 0 Å². The van der Waals surface area contributed by atoms with Crippen LogP contribution in [-0.4, -0.2) is 19.7 Å². The van der Waals surface area contributed by atoms with Crippen molar-refractivity contribution in [3.05, 3.63) is 74.3 Å². The molecule has 0 aliphatic carbocycles. The van der Waals surface area contributed by atoms with Gasteiger partial charge >= 0.3 is 0 Å². The molecular formula is C14H13N3O4S. The van der Waals surface area contributed by atoms with Crippen molar-refractivity contribution in [1.29, 1.82) is 0 Å². The van der Waals surface area contributed by atoms with E-state index in [1.165, 1.54) is 12.2 Å². The van der Waals surface area contributed by atoms with Crippen LogP contribution in [0.3, 0.4) is 0 Å². The molecule has 114 valence electrons. The van der Waals surface area contributed by atoms with E-state index >= 15 is 0 Å². The molecule has 0 saturated carbocycles. The highest BCUT2D eigenvalue weighted by Crippen LogP contribution is 2.16. The summed E-state index contributed by atoms with van der Waals surface area (Å²) < 4.78 is 22.9. The molecule has 0 fully saturated rings. The molecule has 0 saturated heterocycles. The molecule has 2 rings (SSSR count). The summed E-state index contributed by atoms with van der Waals surface area (Å²) in [6.45, 7) is 1.88. The Morgan fingerprint density at radius 3 is 2.55 bits per heavy atom. The average molecular weight is 319 g/mol. The molecule has 1 N–H and O–H groups in total. The average Bonchev–Trinajstić information content (AvgIpc) is 2.79. The first kappa shape index (κ1) is 15.6. The van der Waals surface area contributed by atoms with E-state index in [1.54, 1.807) is 24.3 Å². The van der Waals surface area contributed by atoms with Gasteiger partial charge in [0.25, 0.3) is 5.70 Å². The largest absolute Gasteiger partial charge is 0.337 e. The molecular weight excluding hydrogens is 306 g/mol. The number of aryl methyl sites for hydroxylation is 1. The van der Waals surface area contributed by atoms with Crippen LogP contribution in [0.5, 0.6) is 0 Å². The number of hydrogen-bond acceptors (Lipinski definition) is 5. The summed E-state index contributed by atoms with van der Waals surface area (Å²) in [5.41, 5.74) is 1.23. The third-order valence-corrected chi connectivity index (χ3v) is 4.22. The summed E-state index contributed by atoms with van der Waals surface area (Å²) in [7, 11) is -3.44. The Morgan fingerprint density at radius 1 is 1.32 bits per heavy atom. The van der Waals surface area contributed by atoms with E-state index in [2.05, 4.69) is 10.3 Å². The van der Waals surface area contributed by atoms with Crippen molar-refractivity contribution in [2.24, 2.45) is 4.99 Å². The normalized spacial score (nSPS) is 16.8. The highest BCUT2D eigenvalue weighted by Gasteiger charge is 2.16. The number of benzene rings is 1. The van der Waals surface area contributed by atoms with Gasteiger partial charge in [0.15, 0.2) is 0 Å². The molecule has 0 spiro atoms. The van der Waals surface area contributed by atoms with E-state index in [0.717, 1.165) is 23.5 Å². The van der Waals surface area contributed by atoms with Gasteiger partial charge in [-0.05, 0) is 31.2 Å². The van der Waals surface area contributed by atoms with Crippen LogP contribution >= 0.6 is 0 Å². The van der Waals surface area contributed by atoms with Crippen LogP contribution in [0.4, 0.5) is 0 Å². The molecule has 1 aromatic carbocycles. The first-order chi connectivity index (χ1) is 10.4. The lowest BCUT2D eigenvalue weighted by atomic mass is 10.1. The molecule has 0 bridgehead atoms. The monoisotopic (exact) mass is 319 g/mol. The fraction of sp³-hybridized carbons (Fsp3) is 0.0714. The second-order valence-electron chi connectivity index (χ2n) is 4.46. The van der Waals surface area contributed by atoms with E-state index in [1.807, 2.05) is 6.92 Å². The number of nitrogens with one attached hydrogen (secondary N) is 1. The Hall–Kier alpha value is -2.74. The van der Waals surface area contributed by atoms with E-state index in [4.69, 9.17) is 0 Å². The molecule has 0 amide bonds. The molecule has 1 heterocycles. The number of nitro groups is 1. The van der Waals surface area contributed by atoms with Crippen molar-refractivity contribution in [1.82, 2.24) is 5.32 Å². The SMILES string of the molecule is Cc1ccc(/C(=C\N=CNC2=CC=CS2(=O)=O)[N+](=O)[O-])cc1. The van der Waals surface area contributed by atoms with Gasteiger partial charge in [0.05, 0.1) is 16.8 Å². The van der Waals surface area contributed by atoms with Gasteiger partial charge in [0.1, 0.15) is 11.2 Å². The highest BCUT2D eigenvalue weighted by atomic mass is 32.2. The molecule has 22 heavy (non-hydrogen) atoms. The maximum atomic E-state index is 11.4. The molecule has 0 atom stereocenters. The first-order valence-electron chi connectivity index (χ1n) is 6.23. The minimum atomic E-state index is -3.44. The van der Waals surface area contributed by atoms with Gasteiger partial charge < -0.3 is 5.32 Å². The second kappa shape index (κ2) is 6.35. The summed E-state index contributed by atoms with van der Waals surface area (Å²) in [5.74, 6) is 0. The number of sulfone groups is 1. The van der Waals surface area contributed by atoms with Gasteiger partial charge in [0.2, 0.25) is 9.84 Å². The van der Waals surface area contributed by atoms with Crippen LogP contribution in [-0.2, 0) is 9.84 Å². The van der Waals surface area contributed by atoms with E-state index in [-0.39, 0.29) is 10.7 Å². The molecule has 8 heteroatoms. The van der Waals surface area contributed by atoms with Gasteiger partial charge in [-0.15, -0.1) is 0 Å². The van der Waals surface area contributed by atoms with Crippen molar-refractivity contribution < 1.29 is 13.3 Å². The fourth-order valence-electron chi connectivity index (χ4n) is 1.69. The zero-order chi connectivity index (χ0) is 16.2. The summed E-state index contributed by atoms with van der Waals surface area (Å²) in [5, 5.41) is 14.6. The zero-order valence-corrected chi connectivity index (χ0v) is 12.4. The summed E-state index contributed by atoms with van der Waals surface area (Å²) in [6, 6.07) is 6.77. The second-order valence-corrected chi connectivity index (χ2v) is 6.27. The lowest BCUT2D eigenvalue weighted by molar-refractivity contribution is -0.375. The van der Waals surface area contributed by atoms with Crippen LogP contribution in [0.2, 0.25) is 0 Å². The fourth-order valence-corrected chi connectivity index (χ4v) is 2.61. The Labute approximate surface area is 127 Å². The Bertz CT molecular complexity index is 803. The maximum absolute atomic E-state index is 11.4. The molecule has 0 unspecified atom stereocenters. The standard InChI is InChI=1S/C14H13N3O4S/c1-11-4-6-12(7-5-11)13(17(18)19)9-15-10-16-14-3-2-8-22(14,20)21/h2-10H,1H3,(H,15,16)/b13-9+. The minimum absolute atomic E-state index is 0.0253. The quantitative estimate of drug-likeness (QED) is 0.387. The van der Waals surface area contributed by atoms with Crippen LogP contribution in [0.15, 0.2) is 58.0 Å². The molecule has 0 radical (unpaired) electrons. The lowest BCUT2D eigenvalue weighted by Gasteiger charge is -2.00. The van der Waals surface area contributed by atoms with Gasteiger partial charge in [-0.1, -0.05) is 17.7 Å². The number of nitrogens with zero attached hydrogens (tertiary/aromatic N) is 2. The van der Waals surface area contributed by atoms with E-state index in [0.29, 0.717) is 5.56 Å². The van der Waals surface area contributed by atoms with E-state index in [9.17, 15) is 18.5 Å². The van der Waals surface area contributed by atoms with Gasteiger partial charge in [0, 0.05) is 5.41 Å².